The third kappa shape index (κ3) is 9.38. The Kier molecular flexibility index (Phi) is 12.1. The average molecular weight is 707 g/mol. The number of carbonyl (C=O) groups is 2. The van der Waals surface area contributed by atoms with E-state index in [0.29, 0.717) is 21.9 Å². The molecule has 1 saturated carbocycles. The Labute approximate surface area is 293 Å². The highest BCUT2D eigenvalue weighted by Crippen LogP contribution is 2.30. The van der Waals surface area contributed by atoms with Gasteiger partial charge in [0.15, 0.2) is 0 Å². The van der Waals surface area contributed by atoms with E-state index in [1.165, 1.54) is 25.4 Å². The van der Waals surface area contributed by atoms with E-state index >= 15 is 0 Å². The van der Waals surface area contributed by atoms with Gasteiger partial charge in [-0.3, -0.25) is 4.79 Å². The van der Waals surface area contributed by atoms with Gasteiger partial charge in [-0.05, 0) is 59.7 Å². The predicted octanol–water partition coefficient (Wildman–Crippen LogP) is 7.88. The van der Waals surface area contributed by atoms with Gasteiger partial charge in [-0.25, -0.2) is 9.78 Å². The molecule has 0 spiro atoms. The first-order valence-electron chi connectivity index (χ1n) is 16.3. The molecule has 4 N–H and O–H groups in total. The summed E-state index contributed by atoms with van der Waals surface area (Å²) in [6.45, 7) is 0.271. The lowest BCUT2D eigenvalue weighted by Gasteiger charge is -2.29. The topological polar surface area (TPSA) is 129 Å². The van der Waals surface area contributed by atoms with Gasteiger partial charge in [0.2, 0.25) is 5.95 Å². The molecular formula is C37H38ClF3N6O3. The van der Waals surface area contributed by atoms with Crippen LogP contribution >= 0.6 is 11.6 Å². The molecule has 1 aliphatic carbocycles. The van der Waals surface area contributed by atoms with Crippen molar-refractivity contribution in [1.29, 1.82) is 5.41 Å². The summed E-state index contributed by atoms with van der Waals surface area (Å²) in [5.74, 6) is -1.40. The van der Waals surface area contributed by atoms with Crippen molar-refractivity contribution in [3.05, 3.63) is 118 Å². The lowest BCUT2D eigenvalue weighted by atomic mass is 9.83. The van der Waals surface area contributed by atoms with E-state index in [1.807, 2.05) is 30.3 Å². The number of halogens is 4. The van der Waals surface area contributed by atoms with Gasteiger partial charge in [0.25, 0.3) is 5.91 Å². The highest BCUT2D eigenvalue weighted by Gasteiger charge is 2.33. The van der Waals surface area contributed by atoms with Crippen molar-refractivity contribution in [3.63, 3.8) is 0 Å². The van der Waals surface area contributed by atoms with Crippen LogP contribution in [0.1, 0.15) is 70.6 Å². The Morgan fingerprint density at radius 3 is 2.28 bits per heavy atom. The second-order valence-electron chi connectivity index (χ2n) is 12.1. The van der Waals surface area contributed by atoms with Crippen LogP contribution < -0.4 is 16.0 Å². The van der Waals surface area contributed by atoms with E-state index in [0.717, 1.165) is 49.8 Å². The number of aromatic nitrogens is 2. The molecule has 262 valence electrons. The number of alkyl halides is 3. The minimum absolute atomic E-state index is 0.0691. The summed E-state index contributed by atoms with van der Waals surface area (Å²) in [5.41, 5.74) is 1.70. The number of carbonyl (C=O) groups excluding carboxylic acids is 2. The van der Waals surface area contributed by atoms with Gasteiger partial charge in [-0.2, -0.15) is 18.2 Å². The molecule has 1 aromatic heterocycles. The van der Waals surface area contributed by atoms with Crippen LogP contribution in [-0.4, -0.2) is 47.3 Å². The smallest absolute Gasteiger partial charge is 0.416 e. The minimum Gasteiger partial charge on any atom is -0.467 e. The maximum atomic E-state index is 13.8. The normalized spacial score (nSPS) is 14.7. The van der Waals surface area contributed by atoms with Gasteiger partial charge in [-0.15, -0.1) is 0 Å². The van der Waals surface area contributed by atoms with Gasteiger partial charge in [0, 0.05) is 35.9 Å². The molecule has 9 nitrogen and oxygen atoms in total. The first kappa shape index (κ1) is 36.3. The molecule has 2 unspecified atom stereocenters. The third-order valence-electron chi connectivity index (χ3n) is 8.81. The van der Waals surface area contributed by atoms with Gasteiger partial charge in [-0.1, -0.05) is 85.5 Å². The molecule has 0 radical (unpaired) electrons. The summed E-state index contributed by atoms with van der Waals surface area (Å²) < 4.78 is 44.2. The number of hydrogen-bond acceptors (Lipinski definition) is 8. The van der Waals surface area contributed by atoms with Crippen LogP contribution in [0.4, 0.5) is 24.9 Å². The second-order valence-corrected chi connectivity index (χ2v) is 12.6. The Hall–Kier alpha value is -4.97. The number of benzene rings is 3. The van der Waals surface area contributed by atoms with Crippen LogP contribution in [0.25, 0.3) is 0 Å². The molecule has 0 saturated heterocycles. The van der Waals surface area contributed by atoms with Crippen molar-refractivity contribution in [1.82, 2.24) is 15.3 Å². The lowest BCUT2D eigenvalue weighted by Crippen LogP contribution is -2.47. The van der Waals surface area contributed by atoms with Crippen LogP contribution in [0.3, 0.4) is 0 Å². The molecular weight excluding hydrogens is 669 g/mol. The van der Waals surface area contributed by atoms with Crippen molar-refractivity contribution in [2.75, 3.05) is 24.3 Å². The first-order chi connectivity index (χ1) is 24.0. The maximum Gasteiger partial charge on any atom is 0.416 e. The van der Waals surface area contributed by atoms with E-state index in [-0.39, 0.29) is 36.3 Å². The summed E-state index contributed by atoms with van der Waals surface area (Å²) in [7, 11) is 1.29. The van der Waals surface area contributed by atoms with Crippen molar-refractivity contribution in [3.8, 4) is 0 Å². The fourth-order valence-corrected chi connectivity index (χ4v) is 6.17. The molecule has 1 fully saturated rings. The number of rotatable bonds is 13. The zero-order valence-electron chi connectivity index (χ0n) is 27.4. The lowest BCUT2D eigenvalue weighted by molar-refractivity contribution is -0.144. The van der Waals surface area contributed by atoms with Crippen LogP contribution in [0.2, 0.25) is 5.02 Å². The maximum absolute atomic E-state index is 13.8. The predicted molar refractivity (Wildman–Crippen MR) is 187 cm³/mol. The zero-order chi connectivity index (χ0) is 35.7. The summed E-state index contributed by atoms with van der Waals surface area (Å²) in [5, 5.41) is 18.8. The Morgan fingerprint density at radius 2 is 1.64 bits per heavy atom. The number of anilines is 2. The van der Waals surface area contributed by atoms with Crippen molar-refractivity contribution < 1.29 is 27.5 Å². The number of amides is 1. The Morgan fingerprint density at radius 1 is 0.960 bits per heavy atom. The molecule has 1 aliphatic rings. The van der Waals surface area contributed by atoms with Crippen molar-refractivity contribution in [2.45, 2.75) is 56.8 Å². The summed E-state index contributed by atoms with van der Waals surface area (Å²) in [6.07, 6.45) is 1.40. The fourth-order valence-electron chi connectivity index (χ4n) is 6.04. The quantitative estimate of drug-likeness (QED) is 0.0823. The van der Waals surface area contributed by atoms with Crippen molar-refractivity contribution >= 4 is 41.0 Å². The number of hydrogen-bond donors (Lipinski definition) is 4. The molecule has 3 aromatic carbocycles. The van der Waals surface area contributed by atoms with Gasteiger partial charge >= 0.3 is 12.1 Å². The number of nitrogens with one attached hydrogen (secondary N) is 4. The highest BCUT2D eigenvalue weighted by molar-refractivity contribution is 6.30. The van der Waals surface area contributed by atoms with E-state index in [4.69, 9.17) is 21.7 Å². The standard InChI is InChI=1S/C37H38ClF3N6O3/c1-50-35(49)32(26-10-6-3-7-11-26)46-34(48)30-22-45-36(44-20-23-12-16-27(17-13-23)37(39,40)41)47-33(30)43-21-29(24-8-4-2-5-9-24)31(42)25-14-18-28(38)19-15-25/h2,4-5,8-9,12-19,22,26,29,32,42H,3,6-7,10-11,20-21H2,1H3,(H,46,48)(H2,43,44,45,47). The fraction of sp³-hybridized carbons (Fsp3) is 0.324. The minimum atomic E-state index is -4.45. The number of ether oxygens (including phenoxy) is 1. The Balaban J connectivity index is 1.43. The van der Waals surface area contributed by atoms with E-state index in [9.17, 15) is 22.8 Å². The SMILES string of the molecule is COC(=O)C(NC(=O)c1cnc(NCc2ccc(C(F)(F)F)cc2)nc1NCC(C(=N)c1ccc(Cl)cc1)c1ccccc1)C1CCCCC1. The van der Waals surface area contributed by atoms with Crippen LogP contribution in [0.15, 0.2) is 85.1 Å². The molecule has 4 aromatic rings. The molecule has 0 bridgehead atoms. The van der Waals surface area contributed by atoms with E-state index in [2.05, 4.69) is 25.9 Å². The van der Waals surface area contributed by atoms with Crippen LogP contribution in [-0.2, 0) is 22.3 Å². The molecule has 50 heavy (non-hydrogen) atoms. The number of methoxy groups -OCH3 is 1. The molecule has 1 heterocycles. The van der Waals surface area contributed by atoms with E-state index in [1.54, 1.807) is 24.3 Å². The highest BCUT2D eigenvalue weighted by atomic mass is 35.5. The molecule has 1 amide bonds. The summed E-state index contributed by atoms with van der Waals surface area (Å²) in [6, 6.07) is 20.3. The van der Waals surface area contributed by atoms with Crippen LogP contribution in [0, 0.1) is 11.3 Å². The van der Waals surface area contributed by atoms with Gasteiger partial charge < -0.3 is 26.1 Å². The second kappa shape index (κ2) is 16.6. The molecule has 13 heteroatoms. The average Bonchev–Trinajstić information content (AvgIpc) is 3.13. The van der Waals surface area contributed by atoms with Crippen LogP contribution in [0.5, 0.6) is 0 Å². The zero-order valence-corrected chi connectivity index (χ0v) is 28.2. The van der Waals surface area contributed by atoms with Crippen molar-refractivity contribution in [2.24, 2.45) is 5.92 Å². The first-order valence-corrected chi connectivity index (χ1v) is 16.7. The molecule has 5 rings (SSSR count). The van der Waals surface area contributed by atoms with Gasteiger partial charge in [0.05, 0.1) is 12.7 Å². The number of nitrogens with zero attached hydrogens (tertiary/aromatic N) is 2. The molecule has 0 aliphatic heterocycles. The largest absolute Gasteiger partial charge is 0.467 e. The summed E-state index contributed by atoms with van der Waals surface area (Å²) >= 11 is 6.11. The van der Waals surface area contributed by atoms with Gasteiger partial charge in [0.1, 0.15) is 17.4 Å². The Bertz CT molecular complexity index is 1770. The van der Waals surface area contributed by atoms with E-state index < -0.39 is 35.6 Å². The molecule has 2 atom stereocenters. The number of esters is 1. The monoisotopic (exact) mass is 706 g/mol. The third-order valence-corrected chi connectivity index (χ3v) is 9.06. The summed E-state index contributed by atoms with van der Waals surface area (Å²) in [4.78, 5) is 35.6.